The highest BCUT2D eigenvalue weighted by molar-refractivity contribution is 5.71. The second-order valence-electron chi connectivity index (χ2n) is 21.3. The zero-order valence-electron chi connectivity index (χ0n) is 49.6. The summed E-state index contributed by atoms with van der Waals surface area (Å²) in [5.41, 5.74) is 0. The van der Waals surface area contributed by atoms with Gasteiger partial charge in [-0.1, -0.05) is 273 Å². The molecule has 0 aliphatic carbocycles. The van der Waals surface area contributed by atoms with Crippen LogP contribution in [-0.4, -0.2) is 37.2 Å². The normalized spacial score (nSPS) is 12.3. The average Bonchev–Trinajstić information content (AvgIpc) is 3.41. The summed E-state index contributed by atoms with van der Waals surface area (Å²) in [5, 5.41) is 0. The van der Waals surface area contributed by atoms with Gasteiger partial charge in [0.15, 0.2) is 6.10 Å². The maximum atomic E-state index is 12.9. The second-order valence-corrected chi connectivity index (χ2v) is 21.3. The molecule has 0 aromatic heterocycles. The summed E-state index contributed by atoms with van der Waals surface area (Å²) in [5.74, 6) is -0.982. The number of esters is 3. The number of hydrogen-bond donors (Lipinski definition) is 0. The van der Waals surface area contributed by atoms with Crippen molar-refractivity contribution in [2.75, 3.05) is 13.2 Å². The van der Waals surface area contributed by atoms with Gasteiger partial charge in [-0.2, -0.15) is 0 Å². The van der Waals surface area contributed by atoms with E-state index in [1.54, 1.807) is 0 Å². The Bertz CT molecular complexity index is 1370. The molecule has 0 fully saturated rings. The molecule has 432 valence electrons. The molecule has 0 amide bonds. The van der Waals surface area contributed by atoms with Gasteiger partial charge >= 0.3 is 17.9 Å². The molecule has 0 N–H and O–H groups in total. The molecule has 0 saturated carbocycles. The molecule has 0 heterocycles. The smallest absolute Gasteiger partial charge is 0.306 e. The number of ether oxygens (including phenoxy) is 3. The summed E-state index contributed by atoms with van der Waals surface area (Å²) in [6, 6.07) is 0. The van der Waals surface area contributed by atoms with Crippen LogP contribution in [0.2, 0.25) is 0 Å². The molecule has 0 radical (unpaired) electrons. The van der Waals surface area contributed by atoms with Gasteiger partial charge in [0.25, 0.3) is 0 Å². The van der Waals surface area contributed by atoms with Gasteiger partial charge in [0.05, 0.1) is 0 Å². The number of carbonyl (C=O) groups excluding carboxylic acids is 3. The lowest BCUT2D eigenvalue weighted by Gasteiger charge is -2.18. The van der Waals surface area contributed by atoms with Gasteiger partial charge in [-0.25, -0.2) is 0 Å². The lowest BCUT2D eigenvalue weighted by molar-refractivity contribution is -0.166. The number of allylic oxidation sites excluding steroid dienone is 14. The summed E-state index contributed by atoms with van der Waals surface area (Å²) < 4.78 is 16.9. The fraction of sp³-hybridized carbons (Fsp3) is 0.754. The van der Waals surface area contributed by atoms with Crippen molar-refractivity contribution in [1.29, 1.82) is 0 Å². The Morgan fingerprint density at radius 3 is 0.840 bits per heavy atom. The first kappa shape index (κ1) is 71.6. The van der Waals surface area contributed by atoms with Gasteiger partial charge < -0.3 is 14.2 Å². The van der Waals surface area contributed by atoms with Crippen molar-refractivity contribution < 1.29 is 28.6 Å². The van der Waals surface area contributed by atoms with E-state index in [2.05, 4.69) is 99.8 Å². The molecule has 6 heteroatoms. The standard InChI is InChI=1S/C69H120O6/c1-4-7-10-13-16-19-22-25-28-31-34-37-40-43-46-49-52-55-58-61-67(70)73-64-66(75-69(72)63-60-57-54-51-48-45-42-39-36-33-30-27-24-21-18-15-12-9-6-3)65-74-68(71)62-59-56-53-50-47-44-41-38-35-32-29-26-23-20-17-14-11-8-5-2/h18,21,25-30,36,39,45,48,54,57,66H,4-17,19-20,22-24,31-35,37-38,40-44,46-47,49-53,55-56,58-65H2,1-3H3/b21-18-,28-25-,29-26-,30-27-,39-36-,48-45-,57-54-. The first-order valence-electron chi connectivity index (χ1n) is 32.1. The van der Waals surface area contributed by atoms with Gasteiger partial charge in [-0.05, 0) is 109 Å². The van der Waals surface area contributed by atoms with Crippen LogP contribution >= 0.6 is 0 Å². The second kappa shape index (κ2) is 63.1. The van der Waals surface area contributed by atoms with Crippen LogP contribution in [0.5, 0.6) is 0 Å². The minimum absolute atomic E-state index is 0.107. The molecule has 0 rings (SSSR count). The Balaban J connectivity index is 4.47. The third kappa shape index (κ3) is 61.3. The molecule has 0 atom stereocenters. The predicted octanol–water partition coefficient (Wildman–Crippen LogP) is 21.9. The number of hydrogen-bond acceptors (Lipinski definition) is 6. The van der Waals surface area contributed by atoms with Gasteiger partial charge in [0.2, 0.25) is 0 Å². The maximum Gasteiger partial charge on any atom is 0.306 e. The summed E-state index contributed by atoms with van der Waals surface area (Å²) >= 11 is 0. The summed E-state index contributed by atoms with van der Waals surface area (Å²) in [7, 11) is 0. The van der Waals surface area contributed by atoms with E-state index in [4.69, 9.17) is 14.2 Å². The molecular weight excluding hydrogens is 925 g/mol. The largest absolute Gasteiger partial charge is 0.462 e. The minimum atomic E-state index is -0.819. The van der Waals surface area contributed by atoms with Gasteiger partial charge in [-0.3, -0.25) is 14.4 Å². The first-order chi connectivity index (χ1) is 37.0. The highest BCUT2D eigenvalue weighted by Crippen LogP contribution is 2.16. The molecule has 0 aliphatic rings. The Labute approximate surface area is 465 Å². The quantitative estimate of drug-likeness (QED) is 0.0261. The zero-order chi connectivity index (χ0) is 54.3. The Hall–Kier alpha value is -3.41. The van der Waals surface area contributed by atoms with E-state index in [1.807, 2.05) is 6.08 Å². The van der Waals surface area contributed by atoms with Crippen LogP contribution in [0.1, 0.15) is 316 Å². The number of carbonyl (C=O) groups is 3. The minimum Gasteiger partial charge on any atom is -0.462 e. The fourth-order valence-electron chi connectivity index (χ4n) is 9.00. The van der Waals surface area contributed by atoms with E-state index in [0.717, 1.165) is 64.2 Å². The topological polar surface area (TPSA) is 78.9 Å². The molecule has 6 nitrogen and oxygen atoms in total. The molecule has 0 aromatic carbocycles. The monoisotopic (exact) mass is 1040 g/mol. The molecule has 0 aliphatic heterocycles. The molecule has 0 unspecified atom stereocenters. The highest BCUT2D eigenvalue weighted by Gasteiger charge is 2.19. The van der Waals surface area contributed by atoms with Crippen LogP contribution in [0.25, 0.3) is 0 Å². The molecule has 0 aromatic rings. The Kier molecular flexibility index (Phi) is 60.3. The van der Waals surface area contributed by atoms with Crippen LogP contribution in [0.15, 0.2) is 85.1 Å². The van der Waals surface area contributed by atoms with E-state index < -0.39 is 6.10 Å². The van der Waals surface area contributed by atoms with Crippen molar-refractivity contribution in [3.8, 4) is 0 Å². The zero-order valence-corrected chi connectivity index (χ0v) is 49.6. The van der Waals surface area contributed by atoms with Crippen molar-refractivity contribution in [2.24, 2.45) is 0 Å². The summed E-state index contributed by atoms with van der Waals surface area (Å²) in [6.07, 6.45) is 83.1. The lowest BCUT2D eigenvalue weighted by atomic mass is 10.1. The average molecular weight is 1050 g/mol. The van der Waals surface area contributed by atoms with Crippen molar-refractivity contribution >= 4 is 17.9 Å². The van der Waals surface area contributed by atoms with E-state index >= 15 is 0 Å². The van der Waals surface area contributed by atoms with E-state index in [9.17, 15) is 14.4 Å². The van der Waals surface area contributed by atoms with Crippen molar-refractivity contribution in [3.05, 3.63) is 85.1 Å². The molecule has 0 spiro atoms. The van der Waals surface area contributed by atoms with E-state index in [-0.39, 0.29) is 37.5 Å². The molecule has 0 saturated heterocycles. The molecular formula is C69H120O6. The fourth-order valence-corrected chi connectivity index (χ4v) is 9.00. The van der Waals surface area contributed by atoms with Crippen LogP contribution in [-0.2, 0) is 28.6 Å². The van der Waals surface area contributed by atoms with Gasteiger partial charge in [-0.15, -0.1) is 0 Å². The van der Waals surface area contributed by atoms with E-state index in [1.165, 1.54) is 205 Å². The van der Waals surface area contributed by atoms with Crippen molar-refractivity contribution in [2.45, 2.75) is 322 Å². The van der Waals surface area contributed by atoms with E-state index in [0.29, 0.717) is 19.3 Å². The Morgan fingerprint density at radius 2 is 0.507 bits per heavy atom. The SMILES string of the molecule is CCCCC/C=C\C/C=C\C/C=C\C/C=C\C/C=C\CCC(=O)OC(COC(=O)CCCCCCCCCCC/C=C\CCCCCCCC)COC(=O)CCCCCCCCCCC/C=C\CCCCCCCC. The number of unbranched alkanes of at least 4 members (excludes halogenated alkanes) is 33. The lowest BCUT2D eigenvalue weighted by Crippen LogP contribution is -2.30. The van der Waals surface area contributed by atoms with Crippen molar-refractivity contribution in [3.63, 3.8) is 0 Å². The van der Waals surface area contributed by atoms with Gasteiger partial charge in [0, 0.05) is 19.3 Å². The number of rotatable bonds is 58. The van der Waals surface area contributed by atoms with Crippen LogP contribution in [0.3, 0.4) is 0 Å². The van der Waals surface area contributed by atoms with Crippen LogP contribution < -0.4 is 0 Å². The third-order valence-electron chi connectivity index (χ3n) is 13.9. The third-order valence-corrected chi connectivity index (χ3v) is 13.9. The van der Waals surface area contributed by atoms with Crippen molar-refractivity contribution in [1.82, 2.24) is 0 Å². The summed E-state index contributed by atoms with van der Waals surface area (Å²) in [6.45, 7) is 6.57. The highest BCUT2D eigenvalue weighted by atomic mass is 16.6. The van der Waals surface area contributed by atoms with Crippen LogP contribution in [0.4, 0.5) is 0 Å². The molecule has 0 bridgehead atoms. The van der Waals surface area contributed by atoms with Gasteiger partial charge in [0.1, 0.15) is 13.2 Å². The Morgan fingerprint density at radius 1 is 0.267 bits per heavy atom. The maximum absolute atomic E-state index is 12.9. The summed E-state index contributed by atoms with van der Waals surface area (Å²) in [4.78, 5) is 38.3. The van der Waals surface area contributed by atoms with Crippen LogP contribution in [0, 0.1) is 0 Å². The molecule has 75 heavy (non-hydrogen) atoms. The predicted molar refractivity (Wildman–Crippen MR) is 325 cm³/mol. The first-order valence-corrected chi connectivity index (χ1v) is 32.1.